The molecule has 16 heteroatoms. The Kier molecular flexibility index (Phi) is 7.71. The van der Waals surface area contributed by atoms with E-state index >= 15 is 0 Å². The summed E-state index contributed by atoms with van der Waals surface area (Å²) in [5.41, 5.74) is 13.7. The molecule has 0 radical (unpaired) electrons. The Hall–Kier alpha value is -5.54. The van der Waals surface area contributed by atoms with Crippen LogP contribution in [0.4, 0.5) is 10.2 Å². The Bertz CT molecular complexity index is 1470. The van der Waals surface area contributed by atoms with Gasteiger partial charge in [0.1, 0.15) is 23.9 Å². The van der Waals surface area contributed by atoms with Crippen LogP contribution in [0.15, 0.2) is 52.2 Å². The van der Waals surface area contributed by atoms with Gasteiger partial charge in [-0.25, -0.2) is 14.4 Å². The minimum atomic E-state index is -0.728. The first kappa shape index (κ1) is 25.5. The lowest BCUT2D eigenvalue weighted by Crippen LogP contribution is -2.21. The van der Waals surface area contributed by atoms with E-state index in [9.17, 15) is 14.0 Å². The lowest BCUT2D eigenvalue weighted by atomic mass is 10.2. The number of nitrogen functional groups attached to an aromatic ring is 1. The number of carbonyl (C=O) groups excluding carboxylic acids is 2. The van der Waals surface area contributed by atoms with Gasteiger partial charge in [0.15, 0.2) is 23.8 Å². The minimum absolute atomic E-state index is 0.0107. The second-order valence-corrected chi connectivity index (χ2v) is 7.38. The third kappa shape index (κ3) is 5.99. The zero-order chi connectivity index (χ0) is 27.1. The van der Waals surface area contributed by atoms with Crippen LogP contribution in [0, 0.1) is 5.82 Å². The highest BCUT2D eigenvalue weighted by molar-refractivity contribution is 5.94. The SMILES string of the molecule is COc1cc(C=NNC(=O)c2nnn(-c3nonc3N)c2COc2ccc(F)cc2)ccc1OCC(N)=O. The standard InChI is InChI=1S/C22H20FN9O6/c1-35-17-8-12(2-7-16(17)37-11-18(24)33)9-26-28-22(34)19-15(10-36-14-5-3-13(23)4-6-14)32(31-27-19)21-20(25)29-38-30-21/h2-9H,10-11H2,1H3,(H2,24,33)(H2,25,29)(H,28,34). The number of hydrogen-bond acceptors (Lipinski definition) is 12. The molecule has 15 nitrogen and oxygen atoms in total. The van der Waals surface area contributed by atoms with Crippen LogP contribution in [0.3, 0.4) is 0 Å². The normalized spacial score (nSPS) is 10.9. The van der Waals surface area contributed by atoms with Gasteiger partial charge in [0.2, 0.25) is 11.6 Å². The molecule has 0 aliphatic carbocycles. The van der Waals surface area contributed by atoms with Gasteiger partial charge in [0.05, 0.1) is 13.3 Å². The van der Waals surface area contributed by atoms with Crippen molar-refractivity contribution in [3.63, 3.8) is 0 Å². The van der Waals surface area contributed by atoms with Gasteiger partial charge in [0, 0.05) is 0 Å². The van der Waals surface area contributed by atoms with Gasteiger partial charge in [-0.15, -0.1) is 5.10 Å². The summed E-state index contributed by atoms with van der Waals surface area (Å²) in [6.07, 6.45) is 1.34. The molecule has 0 unspecified atom stereocenters. The number of amides is 2. The van der Waals surface area contributed by atoms with E-state index in [2.05, 4.69) is 35.8 Å². The first-order valence-electron chi connectivity index (χ1n) is 10.7. The highest BCUT2D eigenvalue weighted by Gasteiger charge is 2.24. The fourth-order valence-corrected chi connectivity index (χ4v) is 3.05. The highest BCUT2D eigenvalue weighted by Crippen LogP contribution is 2.27. The van der Waals surface area contributed by atoms with Gasteiger partial charge in [-0.3, -0.25) is 9.59 Å². The van der Waals surface area contributed by atoms with Crippen molar-refractivity contribution >= 4 is 23.8 Å². The number of halogens is 1. The maximum Gasteiger partial charge on any atom is 0.293 e. The molecule has 2 heterocycles. The molecular formula is C22H20FN9O6. The average molecular weight is 525 g/mol. The van der Waals surface area contributed by atoms with E-state index in [4.69, 9.17) is 25.7 Å². The fraction of sp³-hybridized carbons (Fsp3) is 0.136. The molecule has 0 saturated carbocycles. The van der Waals surface area contributed by atoms with Crippen LogP contribution in [-0.2, 0) is 11.4 Å². The largest absolute Gasteiger partial charge is 0.493 e. The second kappa shape index (κ2) is 11.5. The maximum absolute atomic E-state index is 13.2. The summed E-state index contributed by atoms with van der Waals surface area (Å²) in [6.45, 7) is -0.537. The number of benzene rings is 2. The molecule has 2 aromatic carbocycles. The number of anilines is 1. The number of hydrazone groups is 1. The summed E-state index contributed by atoms with van der Waals surface area (Å²) in [4.78, 5) is 23.8. The number of nitrogens with zero attached hydrogens (tertiary/aromatic N) is 6. The van der Waals surface area contributed by atoms with Crippen LogP contribution >= 0.6 is 0 Å². The molecule has 0 atom stereocenters. The van der Waals surface area contributed by atoms with Crippen LogP contribution in [0.1, 0.15) is 21.7 Å². The summed E-state index contributed by atoms with van der Waals surface area (Å²) in [5, 5.41) is 18.9. The summed E-state index contributed by atoms with van der Waals surface area (Å²) in [5.74, 6) is -0.958. The van der Waals surface area contributed by atoms with E-state index in [-0.39, 0.29) is 36.2 Å². The van der Waals surface area contributed by atoms with E-state index in [1.807, 2.05) is 0 Å². The number of methoxy groups -OCH3 is 1. The van der Waals surface area contributed by atoms with Crippen molar-refractivity contribution in [2.45, 2.75) is 6.61 Å². The zero-order valence-corrected chi connectivity index (χ0v) is 19.7. The van der Waals surface area contributed by atoms with Crippen LogP contribution in [0.5, 0.6) is 17.2 Å². The van der Waals surface area contributed by atoms with Crippen molar-refractivity contribution in [2.75, 3.05) is 19.5 Å². The number of primary amides is 1. The fourth-order valence-electron chi connectivity index (χ4n) is 3.05. The average Bonchev–Trinajstić information content (AvgIpc) is 3.52. The third-order valence-corrected chi connectivity index (χ3v) is 4.80. The highest BCUT2D eigenvalue weighted by atomic mass is 19.1. The molecule has 0 aliphatic rings. The van der Waals surface area contributed by atoms with Gasteiger partial charge in [-0.05, 0) is 58.3 Å². The number of nitrogens with one attached hydrogen (secondary N) is 1. The Balaban J connectivity index is 1.51. The number of ether oxygens (including phenoxy) is 3. The van der Waals surface area contributed by atoms with Gasteiger partial charge in [-0.2, -0.15) is 9.78 Å². The molecule has 2 amide bonds. The summed E-state index contributed by atoms with van der Waals surface area (Å²) in [6, 6.07) is 10.0. The predicted octanol–water partition coefficient (Wildman–Crippen LogP) is 0.587. The zero-order valence-electron chi connectivity index (χ0n) is 19.7. The molecule has 0 spiro atoms. The molecule has 4 rings (SSSR count). The van der Waals surface area contributed by atoms with Crippen LogP contribution < -0.4 is 31.1 Å². The molecule has 0 saturated heterocycles. The molecule has 5 N–H and O–H groups in total. The van der Waals surface area contributed by atoms with E-state index in [1.54, 1.807) is 18.2 Å². The van der Waals surface area contributed by atoms with Crippen LogP contribution in [-0.4, -0.2) is 57.1 Å². The monoisotopic (exact) mass is 525 g/mol. The van der Waals surface area contributed by atoms with Crippen LogP contribution in [0.2, 0.25) is 0 Å². The number of aromatic nitrogens is 5. The quantitative estimate of drug-likeness (QED) is 0.182. The molecular weight excluding hydrogens is 505 g/mol. The molecule has 38 heavy (non-hydrogen) atoms. The third-order valence-electron chi connectivity index (χ3n) is 4.80. The van der Waals surface area contributed by atoms with Crippen molar-refractivity contribution < 1.29 is 32.8 Å². The number of carbonyl (C=O) groups is 2. The predicted molar refractivity (Wildman–Crippen MR) is 127 cm³/mol. The smallest absolute Gasteiger partial charge is 0.293 e. The Morgan fingerprint density at radius 3 is 2.63 bits per heavy atom. The summed E-state index contributed by atoms with van der Waals surface area (Å²) >= 11 is 0. The molecule has 0 fully saturated rings. The van der Waals surface area contributed by atoms with E-state index < -0.39 is 17.6 Å². The van der Waals surface area contributed by atoms with E-state index in [1.165, 1.54) is 37.6 Å². The number of nitrogens with two attached hydrogens (primary N) is 2. The van der Waals surface area contributed by atoms with E-state index in [0.29, 0.717) is 22.8 Å². The lowest BCUT2D eigenvalue weighted by Gasteiger charge is -2.09. The molecule has 0 aliphatic heterocycles. The first-order chi connectivity index (χ1) is 18.4. The van der Waals surface area contributed by atoms with Crippen LogP contribution in [0.25, 0.3) is 5.82 Å². The van der Waals surface area contributed by atoms with Crippen molar-refractivity contribution in [1.82, 2.24) is 30.7 Å². The summed E-state index contributed by atoms with van der Waals surface area (Å²) in [7, 11) is 1.42. The Morgan fingerprint density at radius 1 is 1.16 bits per heavy atom. The minimum Gasteiger partial charge on any atom is -0.493 e. The van der Waals surface area contributed by atoms with Gasteiger partial charge in [0.25, 0.3) is 11.8 Å². The topological polar surface area (TPSA) is 208 Å². The van der Waals surface area contributed by atoms with Crippen molar-refractivity contribution in [1.29, 1.82) is 0 Å². The van der Waals surface area contributed by atoms with Crippen molar-refractivity contribution in [3.05, 3.63) is 65.2 Å². The lowest BCUT2D eigenvalue weighted by molar-refractivity contribution is -0.119. The van der Waals surface area contributed by atoms with Crippen molar-refractivity contribution in [3.8, 4) is 23.1 Å². The van der Waals surface area contributed by atoms with Gasteiger partial charge >= 0.3 is 0 Å². The van der Waals surface area contributed by atoms with E-state index in [0.717, 1.165) is 4.68 Å². The molecule has 0 bridgehead atoms. The van der Waals surface area contributed by atoms with Gasteiger partial charge < -0.3 is 25.7 Å². The van der Waals surface area contributed by atoms with Crippen molar-refractivity contribution in [2.24, 2.45) is 10.8 Å². The molecule has 196 valence electrons. The van der Waals surface area contributed by atoms with Gasteiger partial charge in [-0.1, -0.05) is 5.21 Å². The Morgan fingerprint density at radius 2 is 1.95 bits per heavy atom. The summed E-state index contributed by atoms with van der Waals surface area (Å²) < 4.78 is 35.1. The molecule has 4 aromatic rings. The second-order valence-electron chi connectivity index (χ2n) is 7.38. The number of hydrogen-bond donors (Lipinski definition) is 3. The first-order valence-corrected chi connectivity index (χ1v) is 10.7. The number of rotatable bonds is 11. The maximum atomic E-state index is 13.2. The Labute approximate surface area is 213 Å². The molecule has 2 aromatic heterocycles.